The van der Waals surface area contributed by atoms with Crippen LogP contribution in [0.1, 0.15) is 10.4 Å². The molecule has 5 nitrogen and oxygen atoms in total. The van der Waals surface area contributed by atoms with Gasteiger partial charge in [-0.2, -0.15) is 0 Å². The number of rotatable bonds is 6. The number of hydrogen-bond acceptors (Lipinski definition) is 4. The molecule has 0 unspecified atom stereocenters. The topological polar surface area (TPSA) is 68.7 Å². The molecular weight excluding hydrogens is 246 g/mol. The van der Waals surface area contributed by atoms with E-state index in [2.05, 4.69) is 4.98 Å². The van der Waals surface area contributed by atoms with Crippen LogP contribution in [0.4, 0.5) is 0 Å². The molecule has 2 rings (SSSR count). The Morgan fingerprint density at radius 3 is 2.32 bits per heavy atom. The average Bonchev–Trinajstić information content (AvgIpc) is 2.45. The highest BCUT2D eigenvalue weighted by atomic mass is 16.5. The SMILES string of the molecule is O=C(O)c1ccc(OCCOc2cccnc2)cc1. The Kier molecular flexibility index (Phi) is 4.34. The van der Waals surface area contributed by atoms with Crippen LogP contribution in [-0.2, 0) is 0 Å². The predicted octanol–water partition coefficient (Wildman–Crippen LogP) is 2.24. The van der Waals surface area contributed by atoms with Gasteiger partial charge in [-0.1, -0.05) is 0 Å². The summed E-state index contributed by atoms with van der Waals surface area (Å²) in [6.07, 6.45) is 3.30. The smallest absolute Gasteiger partial charge is 0.335 e. The second-order valence-electron chi connectivity index (χ2n) is 3.72. The van der Waals surface area contributed by atoms with E-state index in [1.54, 1.807) is 30.6 Å². The maximum Gasteiger partial charge on any atom is 0.335 e. The minimum absolute atomic E-state index is 0.235. The molecule has 1 N–H and O–H groups in total. The molecule has 2 aromatic rings. The van der Waals surface area contributed by atoms with Gasteiger partial charge in [0.1, 0.15) is 24.7 Å². The van der Waals surface area contributed by atoms with Gasteiger partial charge in [-0.3, -0.25) is 4.98 Å². The monoisotopic (exact) mass is 259 g/mol. The van der Waals surface area contributed by atoms with Crippen molar-refractivity contribution in [2.24, 2.45) is 0 Å². The van der Waals surface area contributed by atoms with Crippen LogP contribution in [0.5, 0.6) is 11.5 Å². The summed E-state index contributed by atoms with van der Waals surface area (Å²) in [7, 11) is 0. The van der Waals surface area contributed by atoms with E-state index >= 15 is 0 Å². The molecule has 1 aromatic heterocycles. The number of aromatic nitrogens is 1. The van der Waals surface area contributed by atoms with Crippen LogP contribution in [0, 0.1) is 0 Å². The van der Waals surface area contributed by atoms with Gasteiger partial charge in [-0.05, 0) is 36.4 Å². The number of hydrogen-bond donors (Lipinski definition) is 1. The summed E-state index contributed by atoms with van der Waals surface area (Å²) in [6, 6.07) is 9.84. The van der Waals surface area contributed by atoms with Crippen molar-refractivity contribution < 1.29 is 19.4 Å². The number of benzene rings is 1. The van der Waals surface area contributed by atoms with E-state index in [9.17, 15) is 4.79 Å². The zero-order chi connectivity index (χ0) is 13.5. The molecule has 0 bridgehead atoms. The third-order valence-corrected chi connectivity index (χ3v) is 2.36. The lowest BCUT2D eigenvalue weighted by Crippen LogP contribution is -2.09. The van der Waals surface area contributed by atoms with Crippen LogP contribution in [0.15, 0.2) is 48.8 Å². The van der Waals surface area contributed by atoms with Gasteiger partial charge in [-0.15, -0.1) is 0 Å². The Balaban J connectivity index is 1.75. The number of nitrogens with zero attached hydrogens (tertiary/aromatic N) is 1. The van der Waals surface area contributed by atoms with Crippen molar-refractivity contribution >= 4 is 5.97 Å². The first-order valence-electron chi connectivity index (χ1n) is 5.75. The molecule has 0 aliphatic heterocycles. The molecule has 0 aliphatic rings. The fourth-order valence-electron chi connectivity index (χ4n) is 1.45. The third-order valence-electron chi connectivity index (χ3n) is 2.36. The summed E-state index contributed by atoms with van der Waals surface area (Å²) < 4.78 is 10.8. The molecule has 0 amide bonds. The van der Waals surface area contributed by atoms with Crippen LogP contribution in [-0.4, -0.2) is 29.3 Å². The minimum Gasteiger partial charge on any atom is -0.490 e. The summed E-state index contributed by atoms with van der Waals surface area (Å²) in [4.78, 5) is 14.6. The van der Waals surface area contributed by atoms with Gasteiger partial charge in [0.05, 0.1) is 11.8 Å². The lowest BCUT2D eigenvalue weighted by atomic mass is 10.2. The summed E-state index contributed by atoms with van der Waals surface area (Å²) in [5.74, 6) is 0.346. The Labute approximate surface area is 110 Å². The molecule has 1 aromatic carbocycles. The zero-order valence-corrected chi connectivity index (χ0v) is 10.2. The second-order valence-corrected chi connectivity index (χ2v) is 3.72. The summed E-state index contributed by atoms with van der Waals surface area (Å²) >= 11 is 0. The number of pyridine rings is 1. The van der Waals surface area contributed by atoms with E-state index in [-0.39, 0.29) is 5.56 Å². The maximum absolute atomic E-state index is 10.7. The number of aromatic carboxylic acids is 1. The van der Waals surface area contributed by atoms with E-state index in [1.165, 1.54) is 12.1 Å². The van der Waals surface area contributed by atoms with Crippen molar-refractivity contribution in [2.75, 3.05) is 13.2 Å². The van der Waals surface area contributed by atoms with E-state index in [4.69, 9.17) is 14.6 Å². The van der Waals surface area contributed by atoms with E-state index < -0.39 is 5.97 Å². The summed E-state index contributed by atoms with van der Waals surface area (Å²) in [6.45, 7) is 0.772. The van der Waals surface area contributed by atoms with Crippen LogP contribution in [0.2, 0.25) is 0 Å². The van der Waals surface area contributed by atoms with Gasteiger partial charge in [0, 0.05) is 6.20 Å². The number of carboxylic acid groups (broad SMARTS) is 1. The third kappa shape index (κ3) is 3.99. The van der Waals surface area contributed by atoms with Gasteiger partial charge in [0.25, 0.3) is 0 Å². The van der Waals surface area contributed by atoms with E-state index in [0.717, 1.165) is 0 Å². The first-order valence-corrected chi connectivity index (χ1v) is 5.75. The van der Waals surface area contributed by atoms with Crippen LogP contribution in [0.25, 0.3) is 0 Å². The highest BCUT2D eigenvalue weighted by Gasteiger charge is 2.02. The molecule has 0 atom stereocenters. The molecule has 1 heterocycles. The Morgan fingerprint density at radius 1 is 1.05 bits per heavy atom. The zero-order valence-electron chi connectivity index (χ0n) is 10.2. The van der Waals surface area contributed by atoms with Crippen molar-refractivity contribution in [2.45, 2.75) is 0 Å². The lowest BCUT2D eigenvalue weighted by molar-refractivity contribution is 0.0697. The predicted molar refractivity (Wildman–Crippen MR) is 68.6 cm³/mol. The Morgan fingerprint density at radius 2 is 1.74 bits per heavy atom. The van der Waals surface area contributed by atoms with Crippen molar-refractivity contribution in [3.8, 4) is 11.5 Å². The fraction of sp³-hybridized carbons (Fsp3) is 0.143. The van der Waals surface area contributed by atoms with Gasteiger partial charge < -0.3 is 14.6 Å². The first kappa shape index (κ1) is 12.9. The highest BCUT2D eigenvalue weighted by molar-refractivity contribution is 5.87. The van der Waals surface area contributed by atoms with Gasteiger partial charge in [0.15, 0.2) is 0 Å². The quantitative estimate of drug-likeness (QED) is 0.806. The van der Waals surface area contributed by atoms with Crippen molar-refractivity contribution in [1.82, 2.24) is 4.98 Å². The molecule has 19 heavy (non-hydrogen) atoms. The number of carbonyl (C=O) groups is 1. The Hall–Kier alpha value is -2.56. The highest BCUT2D eigenvalue weighted by Crippen LogP contribution is 2.12. The molecule has 5 heteroatoms. The van der Waals surface area contributed by atoms with Crippen molar-refractivity contribution in [3.63, 3.8) is 0 Å². The molecule has 0 aliphatic carbocycles. The lowest BCUT2D eigenvalue weighted by Gasteiger charge is -2.08. The molecule has 0 saturated heterocycles. The largest absolute Gasteiger partial charge is 0.490 e. The summed E-state index contributed by atoms with van der Waals surface area (Å²) in [5, 5.41) is 8.75. The fourth-order valence-corrected chi connectivity index (χ4v) is 1.45. The summed E-state index contributed by atoms with van der Waals surface area (Å²) in [5.41, 5.74) is 0.235. The second kappa shape index (κ2) is 6.39. The van der Waals surface area contributed by atoms with Crippen LogP contribution in [0.3, 0.4) is 0 Å². The number of ether oxygens (including phenoxy) is 2. The molecular formula is C14H13NO4. The molecule has 0 spiro atoms. The first-order chi connectivity index (χ1) is 9.25. The van der Waals surface area contributed by atoms with Crippen LogP contribution < -0.4 is 9.47 Å². The van der Waals surface area contributed by atoms with Crippen LogP contribution >= 0.6 is 0 Å². The van der Waals surface area contributed by atoms with Gasteiger partial charge in [-0.25, -0.2) is 4.79 Å². The number of carboxylic acids is 1. The van der Waals surface area contributed by atoms with Gasteiger partial charge >= 0.3 is 5.97 Å². The molecule has 98 valence electrons. The van der Waals surface area contributed by atoms with Crippen molar-refractivity contribution in [3.05, 3.63) is 54.4 Å². The van der Waals surface area contributed by atoms with E-state index in [1.807, 2.05) is 6.07 Å². The average molecular weight is 259 g/mol. The normalized spacial score (nSPS) is 9.89. The van der Waals surface area contributed by atoms with Gasteiger partial charge in [0.2, 0.25) is 0 Å². The standard InChI is InChI=1S/C14H13NO4/c16-14(17)11-3-5-12(6-4-11)18-8-9-19-13-2-1-7-15-10-13/h1-7,10H,8-9H2,(H,16,17). The molecule has 0 radical (unpaired) electrons. The molecule has 0 fully saturated rings. The van der Waals surface area contributed by atoms with E-state index in [0.29, 0.717) is 24.7 Å². The van der Waals surface area contributed by atoms with Crippen molar-refractivity contribution in [1.29, 1.82) is 0 Å². The maximum atomic E-state index is 10.7. The Bertz CT molecular complexity index is 525. The minimum atomic E-state index is -0.952. The molecule has 0 saturated carbocycles.